The van der Waals surface area contributed by atoms with Crippen molar-refractivity contribution in [2.75, 3.05) is 14.1 Å². The number of rotatable bonds is 3. The molecule has 1 heterocycles. The molecule has 0 aliphatic heterocycles. The average molecular weight is 290 g/mol. The highest BCUT2D eigenvalue weighted by Gasteiger charge is 2.07. The smallest absolute Gasteiger partial charge is 0.226 e. The highest BCUT2D eigenvalue weighted by Crippen LogP contribution is 2.27. The molecule has 0 aliphatic carbocycles. The van der Waals surface area contributed by atoms with Gasteiger partial charge in [0.15, 0.2) is 0 Å². The number of amides is 1. The molecule has 0 aliphatic rings. The number of benzene rings is 2. The van der Waals surface area contributed by atoms with E-state index < -0.39 is 0 Å². The van der Waals surface area contributed by atoms with Crippen LogP contribution in [0.1, 0.15) is 5.56 Å². The third-order valence-electron chi connectivity index (χ3n) is 3.76. The predicted octanol–water partition coefficient (Wildman–Crippen LogP) is 3.53. The van der Waals surface area contributed by atoms with Crippen LogP contribution in [0.25, 0.3) is 22.0 Å². The number of hydrogen-bond acceptors (Lipinski definition) is 2. The summed E-state index contributed by atoms with van der Waals surface area (Å²) >= 11 is 0. The first-order valence-corrected chi connectivity index (χ1v) is 7.28. The fourth-order valence-electron chi connectivity index (χ4n) is 2.49. The summed E-state index contributed by atoms with van der Waals surface area (Å²) in [5.74, 6) is 0.113. The van der Waals surface area contributed by atoms with Gasteiger partial charge in [0.25, 0.3) is 0 Å². The molecule has 1 amide bonds. The van der Waals surface area contributed by atoms with Gasteiger partial charge < -0.3 is 4.90 Å². The fourth-order valence-corrected chi connectivity index (χ4v) is 2.49. The molecule has 2 aromatic carbocycles. The van der Waals surface area contributed by atoms with Crippen molar-refractivity contribution in [2.45, 2.75) is 6.42 Å². The van der Waals surface area contributed by atoms with Crippen molar-refractivity contribution in [2.24, 2.45) is 0 Å². The highest BCUT2D eigenvalue weighted by atomic mass is 16.2. The van der Waals surface area contributed by atoms with Crippen LogP contribution in [-0.2, 0) is 11.2 Å². The molecule has 3 rings (SSSR count). The maximum Gasteiger partial charge on any atom is 0.226 e. The highest BCUT2D eigenvalue weighted by molar-refractivity contribution is 5.94. The summed E-state index contributed by atoms with van der Waals surface area (Å²) in [7, 11) is 3.56. The van der Waals surface area contributed by atoms with Gasteiger partial charge in [-0.25, -0.2) is 0 Å². The zero-order chi connectivity index (χ0) is 15.5. The molecule has 0 fully saturated rings. The molecule has 22 heavy (non-hydrogen) atoms. The summed E-state index contributed by atoms with van der Waals surface area (Å²) in [6, 6.07) is 18.4. The molecular weight excluding hydrogens is 272 g/mol. The van der Waals surface area contributed by atoms with E-state index in [0.29, 0.717) is 6.42 Å². The monoisotopic (exact) mass is 290 g/mol. The fraction of sp³-hybridized carbons (Fsp3) is 0.158. The van der Waals surface area contributed by atoms with Crippen molar-refractivity contribution in [3.05, 3.63) is 66.4 Å². The van der Waals surface area contributed by atoms with Crippen molar-refractivity contribution in [3.8, 4) is 11.1 Å². The molecule has 3 aromatic rings. The first kappa shape index (κ1) is 14.3. The Morgan fingerprint density at radius 2 is 1.77 bits per heavy atom. The zero-order valence-electron chi connectivity index (χ0n) is 12.8. The van der Waals surface area contributed by atoms with Crippen LogP contribution in [0.3, 0.4) is 0 Å². The summed E-state index contributed by atoms with van der Waals surface area (Å²) < 4.78 is 0. The number of aromatic nitrogens is 1. The van der Waals surface area contributed by atoms with E-state index in [1.54, 1.807) is 19.0 Å². The van der Waals surface area contributed by atoms with Crippen LogP contribution in [-0.4, -0.2) is 29.9 Å². The molecule has 1 aromatic heterocycles. The van der Waals surface area contributed by atoms with Gasteiger partial charge >= 0.3 is 0 Å². The van der Waals surface area contributed by atoms with Gasteiger partial charge in [-0.1, -0.05) is 42.5 Å². The normalized spacial score (nSPS) is 10.6. The molecule has 0 atom stereocenters. The number of pyridine rings is 1. The molecular formula is C19H18N2O. The van der Waals surface area contributed by atoms with Gasteiger partial charge in [-0.3, -0.25) is 9.78 Å². The largest absolute Gasteiger partial charge is 0.349 e. The number of fused-ring (bicyclic) bond motifs is 1. The van der Waals surface area contributed by atoms with Gasteiger partial charge in [0.1, 0.15) is 0 Å². The SMILES string of the molecule is CN(C)C(=O)Cc1ccc(-c2cccc3ncccc23)cc1. The third kappa shape index (κ3) is 2.84. The maximum absolute atomic E-state index is 11.8. The van der Waals surface area contributed by atoms with Gasteiger partial charge in [0.05, 0.1) is 11.9 Å². The lowest BCUT2D eigenvalue weighted by molar-refractivity contribution is -0.127. The molecule has 3 nitrogen and oxygen atoms in total. The van der Waals surface area contributed by atoms with Gasteiger partial charge in [-0.05, 0) is 28.8 Å². The van der Waals surface area contributed by atoms with Gasteiger partial charge in [0, 0.05) is 25.7 Å². The number of hydrogen-bond donors (Lipinski definition) is 0. The second kappa shape index (κ2) is 5.98. The van der Waals surface area contributed by atoms with Crippen LogP contribution in [0.15, 0.2) is 60.8 Å². The van der Waals surface area contributed by atoms with Gasteiger partial charge in [0.2, 0.25) is 5.91 Å². The lowest BCUT2D eigenvalue weighted by atomic mass is 9.99. The molecule has 0 spiro atoms. The third-order valence-corrected chi connectivity index (χ3v) is 3.76. The summed E-state index contributed by atoms with van der Waals surface area (Å²) in [4.78, 5) is 17.8. The maximum atomic E-state index is 11.8. The number of carbonyl (C=O) groups excluding carboxylic acids is 1. The lowest BCUT2D eigenvalue weighted by Crippen LogP contribution is -2.23. The van der Waals surface area contributed by atoms with E-state index >= 15 is 0 Å². The molecule has 0 unspecified atom stereocenters. The molecule has 110 valence electrons. The van der Waals surface area contributed by atoms with Crippen LogP contribution in [0, 0.1) is 0 Å². The molecule has 0 bridgehead atoms. The van der Waals surface area contributed by atoms with E-state index in [1.807, 2.05) is 36.5 Å². The Labute approximate surface area is 130 Å². The van der Waals surface area contributed by atoms with Crippen molar-refractivity contribution >= 4 is 16.8 Å². The number of carbonyl (C=O) groups is 1. The van der Waals surface area contributed by atoms with Crippen LogP contribution < -0.4 is 0 Å². The Morgan fingerprint density at radius 3 is 2.50 bits per heavy atom. The standard InChI is InChI=1S/C19H18N2O/c1-21(2)19(22)13-14-8-10-15(11-9-14)16-5-3-7-18-17(16)6-4-12-20-18/h3-12H,13H2,1-2H3. The molecule has 0 saturated heterocycles. The average Bonchev–Trinajstić information content (AvgIpc) is 2.55. The van der Waals surface area contributed by atoms with E-state index in [-0.39, 0.29) is 5.91 Å². The van der Waals surface area contributed by atoms with E-state index in [0.717, 1.165) is 27.6 Å². The summed E-state index contributed by atoms with van der Waals surface area (Å²) in [6.07, 6.45) is 2.24. The summed E-state index contributed by atoms with van der Waals surface area (Å²) in [6.45, 7) is 0. The first-order chi connectivity index (χ1) is 10.6. The van der Waals surface area contributed by atoms with E-state index in [1.165, 1.54) is 0 Å². The van der Waals surface area contributed by atoms with Gasteiger partial charge in [-0.2, -0.15) is 0 Å². The van der Waals surface area contributed by atoms with Gasteiger partial charge in [-0.15, -0.1) is 0 Å². The topological polar surface area (TPSA) is 33.2 Å². The Morgan fingerprint density at radius 1 is 1.00 bits per heavy atom. The van der Waals surface area contributed by atoms with Crippen LogP contribution >= 0.6 is 0 Å². The van der Waals surface area contributed by atoms with Crippen LogP contribution in [0.2, 0.25) is 0 Å². The van der Waals surface area contributed by atoms with Crippen molar-refractivity contribution in [3.63, 3.8) is 0 Å². The quantitative estimate of drug-likeness (QED) is 0.739. The van der Waals surface area contributed by atoms with E-state index in [9.17, 15) is 4.79 Å². The lowest BCUT2D eigenvalue weighted by Gasteiger charge is -2.11. The molecule has 3 heteroatoms. The molecule has 0 saturated carbocycles. The minimum Gasteiger partial charge on any atom is -0.349 e. The van der Waals surface area contributed by atoms with Crippen LogP contribution in [0.4, 0.5) is 0 Å². The Hall–Kier alpha value is -2.68. The number of likely N-dealkylation sites (N-methyl/N-ethyl adjacent to an activating group) is 1. The molecule has 0 N–H and O–H groups in total. The predicted molar refractivity (Wildman–Crippen MR) is 89.6 cm³/mol. The van der Waals surface area contributed by atoms with Crippen molar-refractivity contribution < 1.29 is 4.79 Å². The minimum atomic E-state index is 0.113. The van der Waals surface area contributed by atoms with E-state index in [2.05, 4.69) is 29.2 Å². The van der Waals surface area contributed by atoms with Crippen molar-refractivity contribution in [1.29, 1.82) is 0 Å². The second-order valence-electron chi connectivity index (χ2n) is 5.54. The Kier molecular flexibility index (Phi) is 3.88. The minimum absolute atomic E-state index is 0.113. The summed E-state index contributed by atoms with van der Waals surface area (Å²) in [5.41, 5.74) is 4.32. The second-order valence-corrected chi connectivity index (χ2v) is 5.54. The Balaban J connectivity index is 1.94. The number of nitrogens with zero attached hydrogens (tertiary/aromatic N) is 2. The van der Waals surface area contributed by atoms with E-state index in [4.69, 9.17) is 0 Å². The first-order valence-electron chi connectivity index (χ1n) is 7.28. The summed E-state index contributed by atoms with van der Waals surface area (Å²) in [5, 5.41) is 1.14. The van der Waals surface area contributed by atoms with Crippen molar-refractivity contribution in [1.82, 2.24) is 9.88 Å². The zero-order valence-corrected chi connectivity index (χ0v) is 12.8. The van der Waals surface area contributed by atoms with Crippen LogP contribution in [0.5, 0.6) is 0 Å². The molecule has 0 radical (unpaired) electrons. The Bertz CT molecular complexity index is 802.